The van der Waals surface area contributed by atoms with E-state index in [1.165, 1.54) is 29.2 Å². The van der Waals surface area contributed by atoms with Crippen LogP contribution in [0.25, 0.3) is 17.3 Å². The minimum atomic E-state index is -0.566. The number of aromatic nitrogens is 1. The van der Waals surface area contributed by atoms with Gasteiger partial charge < -0.3 is 16.0 Å². The van der Waals surface area contributed by atoms with Gasteiger partial charge in [-0.15, -0.1) is 23.1 Å². The molecule has 5 rings (SSSR count). The molecular formula is C33H23Cl3N4O3S2. The van der Waals surface area contributed by atoms with E-state index in [1.54, 1.807) is 72.8 Å². The second-order valence-corrected chi connectivity index (χ2v) is 12.5. The van der Waals surface area contributed by atoms with E-state index in [2.05, 4.69) is 20.9 Å². The molecule has 0 spiro atoms. The first kappa shape index (κ1) is 32.3. The average Bonchev–Trinajstić information content (AvgIpc) is 3.49. The van der Waals surface area contributed by atoms with Crippen LogP contribution in [0.4, 0.5) is 10.8 Å². The van der Waals surface area contributed by atoms with Crippen LogP contribution in [-0.4, -0.2) is 28.5 Å². The summed E-state index contributed by atoms with van der Waals surface area (Å²) in [5.74, 6) is -1.14. The number of hydrogen-bond donors (Lipinski definition) is 3. The van der Waals surface area contributed by atoms with Gasteiger partial charge in [-0.05, 0) is 60.2 Å². The Labute approximate surface area is 282 Å². The molecule has 12 heteroatoms. The maximum Gasteiger partial charge on any atom is 0.272 e. The molecule has 0 atom stereocenters. The second kappa shape index (κ2) is 15.2. The Morgan fingerprint density at radius 3 is 2.38 bits per heavy atom. The number of carbonyl (C=O) groups is 3. The van der Waals surface area contributed by atoms with Crippen molar-refractivity contribution >= 4 is 92.5 Å². The van der Waals surface area contributed by atoms with Crippen molar-refractivity contribution in [3.05, 3.63) is 134 Å². The Bertz CT molecular complexity index is 1900. The fourth-order valence-corrected chi connectivity index (χ4v) is 6.18. The quantitative estimate of drug-likeness (QED) is 0.100. The molecule has 0 bridgehead atoms. The zero-order valence-electron chi connectivity index (χ0n) is 23.2. The van der Waals surface area contributed by atoms with Crippen molar-refractivity contribution in [2.24, 2.45) is 0 Å². The lowest BCUT2D eigenvalue weighted by molar-refractivity contribution is -0.114. The van der Waals surface area contributed by atoms with Crippen molar-refractivity contribution in [3.63, 3.8) is 0 Å². The molecule has 5 aromatic rings. The molecule has 0 aliphatic heterocycles. The maximum atomic E-state index is 13.4. The third-order valence-electron chi connectivity index (χ3n) is 6.15. The molecule has 1 aromatic heterocycles. The summed E-state index contributed by atoms with van der Waals surface area (Å²) in [5.41, 5.74) is 2.80. The Morgan fingerprint density at radius 2 is 1.60 bits per heavy atom. The van der Waals surface area contributed by atoms with Crippen molar-refractivity contribution in [1.29, 1.82) is 0 Å². The van der Waals surface area contributed by atoms with Gasteiger partial charge in [0, 0.05) is 42.2 Å². The summed E-state index contributed by atoms with van der Waals surface area (Å²) in [4.78, 5) is 44.2. The molecule has 0 aliphatic rings. The van der Waals surface area contributed by atoms with Gasteiger partial charge in [0.05, 0.1) is 11.4 Å². The summed E-state index contributed by atoms with van der Waals surface area (Å²) in [7, 11) is 0. The summed E-state index contributed by atoms with van der Waals surface area (Å²) in [6.45, 7) is 0. The number of halogens is 3. The summed E-state index contributed by atoms with van der Waals surface area (Å²) in [5, 5.41) is 12.0. The van der Waals surface area contributed by atoms with E-state index in [9.17, 15) is 14.4 Å². The molecule has 7 nitrogen and oxygen atoms in total. The van der Waals surface area contributed by atoms with Gasteiger partial charge in [0.2, 0.25) is 5.91 Å². The lowest BCUT2D eigenvalue weighted by Gasteiger charge is -2.12. The summed E-state index contributed by atoms with van der Waals surface area (Å²) < 4.78 is 0. The van der Waals surface area contributed by atoms with E-state index in [0.29, 0.717) is 42.7 Å². The van der Waals surface area contributed by atoms with Crippen LogP contribution in [-0.2, 0) is 9.59 Å². The zero-order chi connectivity index (χ0) is 31.8. The number of nitrogens with zero attached hydrogens (tertiary/aromatic N) is 1. The van der Waals surface area contributed by atoms with Gasteiger partial charge in [0.25, 0.3) is 11.8 Å². The van der Waals surface area contributed by atoms with Crippen LogP contribution in [0.2, 0.25) is 15.1 Å². The van der Waals surface area contributed by atoms with Gasteiger partial charge in [-0.1, -0.05) is 83.3 Å². The molecule has 226 valence electrons. The fourth-order valence-electron chi connectivity index (χ4n) is 4.01. The lowest BCUT2D eigenvalue weighted by Crippen LogP contribution is -2.30. The van der Waals surface area contributed by atoms with E-state index in [0.717, 1.165) is 10.5 Å². The normalized spacial score (nSPS) is 11.1. The van der Waals surface area contributed by atoms with Crippen LogP contribution in [0.15, 0.2) is 113 Å². The highest BCUT2D eigenvalue weighted by atomic mass is 35.5. The van der Waals surface area contributed by atoms with Crippen molar-refractivity contribution in [3.8, 4) is 11.3 Å². The number of hydrogen-bond acceptors (Lipinski definition) is 6. The average molecular weight is 694 g/mol. The zero-order valence-corrected chi connectivity index (χ0v) is 27.1. The van der Waals surface area contributed by atoms with Crippen LogP contribution in [0.5, 0.6) is 0 Å². The number of anilines is 2. The molecule has 1 heterocycles. The molecule has 45 heavy (non-hydrogen) atoms. The van der Waals surface area contributed by atoms with Crippen LogP contribution < -0.4 is 16.0 Å². The highest BCUT2D eigenvalue weighted by molar-refractivity contribution is 8.00. The first-order valence-electron chi connectivity index (χ1n) is 13.3. The molecule has 0 saturated heterocycles. The maximum absolute atomic E-state index is 13.4. The van der Waals surface area contributed by atoms with Crippen molar-refractivity contribution in [1.82, 2.24) is 10.3 Å². The van der Waals surface area contributed by atoms with Gasteiger partial charge in [-0.2, -0.15) is 0 Å². The molecule has 0 saturated carbocycles. The number of benzene rings is 4. The van der Waals surface area contributed by atoms with E-state index in [-0.39, 0.29) is 17.4 Å². The second-order valence-electron chi connectivity index (χ2n) is 9.38. The molecule has 3 amide bonds. The molecule has 0 fully saturated rings. The minimum absolute atomic E-state index is 0.0230. The minimum Gasteiger partial charge on any atom is -0.321 e. The smallest absolute Gasteiger partial charge is 0.272 e. The van der Waals surface area contributed by atoms with Gasteiger partial charge in [0.1, 0.15) is 5.70 Å². The highest BCUT2D eigenvalue weighted by Gasteiger charge is 2.17. The molecule has 0 aliphatic carbocycles. The van der Waals surface area contributed by atoms with E-state index >= 15 is 0 Å². The highest BCUT2D eigenvalue weighted by Crippen LogP contribution is 2.31. The molecule has 0 unspecified atom stereocenters. The summed E-state index contributed by atoms with van der Waals surface area (Å²) >= 11 is 21.2. The number of thioether (sulfide) groups is 1. The third-order valence-corrected chi connectivity index (χ3v) is 8.80. The molecule has 3 N–H and O–H groups in total. The summed E-state index contributed by atoms with van der Waals surface area (Å²) in [6, 6.07) is 27.8. The first-order valence-corrected chi connectivity index (χ1v) is 16.3. The van der Waals surface area contributed by atoms with E-state index < -0.39 is 11.8 Å². The number of thiazole rings is 1. The predicted octanol–water partition coefficient (Wildman–Crippen LogP) is 8.91. The third kappa shape index (κ3) is 8.97. The number of amides is 3. The van der Waals surface area contributed by atoms with E-state index in [4.69, 9.17) is 34.8 Å². The predicted molar refractivity (Wildman–Crippen MR) is 185 cm³/mol. The van der Waals surface area contributed by atoms with Crippen molar-refractivity contribution in [2.45, 2.75) is 4.90 Å². The van der Waals surface area contributed by atoms with Crippen molar-refractivity contribution < 1.29 is 14.4 Å². The standard InChI is InChI=1S/C33H23Cl3N4O3S2/c34-22-14-13-21(27(36)16-22)15-28(38-31(42)20-7-2-1-3-8-20)32(43)37-23-9-6-10-24(17-23)44-19-30(41)40-33-39-29(18-45-33)25-11-4-5-12-26(25)35/h1-18H,19H2,(H,37,43)(H,38,42)(H,39,40,41)/b28-15+. The van der Waals surface area contributed by atoms with Gasteiger partial charge >= 0.3 is 0 Å². The van der Waals surface area contributed by atoms with Gasteiger partial charge in [-0.3, -0.25) is 14.4 Å². The van der Waals surface area contributed by atoms with Crippen LogP contribution in [0.3, 0.4) is 0 Å². The fraction of sp³-hybridized carbons (Fsp3) is 0.0303. The Hall–Kier alpha value is -4.12. The Kier molecular flexibility index (Phi) is 10.9. The van der Waals surface area contributed by atoms with Gasteiger partial charge in [0.15, 0.2) is 5.13 Å². The number of rotatable bonds is 10. The molecule has 4 aromatic carbocycles. The number of nitrogens with one attached hydrogen (secondary N) is 3. The van der Waals surface area contributed by atoms with Gasteiger partial charge in [-0.25, -0.2) is 4.98 Å². The molecular weight excluding hydrogens is 671 g/mol. The lowest BCUT2D eigenvalue weighted by atomic mass is 10.1. The molecule has 0 radical (unpaired) electrons. The van der Waals surface area contributed by atoms with E-state index in [1.807, 2.05) is 29.6 Å². The monoisotopic (exact) mass is 692 g/mol. The van der Waals surface area contributed by atoms with Crippen LogP contribution in [0.1, 0.15) is 15.9 Å². The first-order chi connectivity index (χ1) is 21.7. The largest absolute Gasteiger partial charge is 0.321 e. The van der Waals surface area contributed by atoms with Crippen LogP contribution >= 0.6 is 57.9 Å². The Balaban J connectivity index is 1.24. The Morgan fingerprint density at radius 1 is 0.822 bits per heavy atom. The summed E-state index contributed by atoms with van der Waals surface area (Å²) in [6.07, 6.45) is 1.48. The SMILES string of the molecule is O=C(CSc1cccc(NC(=O)/C(=C\c2ccc(Cl)cc2Cl)NC(=O)c2ccccc2)c1)Nc1nc(-c2ccccc2Cl)cs1. The number of carbonyl (C=O) groups excluding carboxylic acids is 3. The van der Waals surface area contributed by atoms with Crippen molar-refractivity contribution in [2.75, 3.05) is 16.4 Å². The topological polar surface area (TPSA) is 100 Å². The van der Waals surface area contributed by atoms with Crippen LogP contribution in [0, 0.1) is 0 Å².